The molecule has 0 fully saturated rings. The van der Waals surface area contributed by atoms with Crippen molar-refractivity contribution in [1.29, 1.82) is 0 Å². The number of ether oxygens (including phenoxy) is 1. The molecule has 8 heteroatoms. The van der Waals surface area contributed by atoms with Gasteiger partial charge in [0.2, 0.25) is 0 Å². The maximum atomic E-state index is 11.6. The van der Waals surface area contributed by atoms with Gasteiger partial charge in [-0.1, -0.05) is 6.07 Å². The highest BCUT2D eigenvalue weighted by Gasteiger charge is 2.10. The Balaban J connectivity index is 2.04. The molecule has 0 aliphatic heterocycles. The van der Waals surface area contributed by atoms with E-state index in [0.717, 1.165) is 5.56 Å². The van der Waals surface area contributed by atoms with E-state index in [-0.39, 0.29) is 16.8 Å². The maximum Gasteiger partial charge on any atom is 0.338 e. The zero-order valence-electron chi connectivity index (χ0n) is 13.7. The third kappa shape index (κ3) is 4.98. The van der Waals surface area contributed by atoms with Crippen molar-refractivity contribution in [3.8, 4) is 0 Å². The molecule has 0 aliphatic rings. The number of rotatable bonds is 5. The lowest BCUT2D eigenvalue weighted by molar-refractivity contribution is -0.384. The van der Waals surface area contributed by atoms with Gasteiger partial charge in [0.15, 0.2) is 5.11 Å². The third-order valence-corrected chi connectivity index (χ3v) is 3.54. The fourth-order valence-corrected chi connectivity index (χ4v) is 2.27. The highest BCUT2D eigenvalue weighted by Crippen LogP contribution is 2.22. The van der Waals surface area contributed by atoms with Gasteiger partial charge in [-0.25, -0.2) is 4.79 Å². The zero-order valence-corrected chi connectivity index (χ0v) is 14.6. The average molecular weight is 359 g/mol. The predicted molar refractivity (Wildman–Crippen MR) is 100 cm³/mol. The summed E-state index contributed by atoms with van der Waals surface area (Å²) in [5.41, 5.74) is 2.48. The smallest absolute Gasteiger partial charge is 0.338 e. The molecule has 0 heterocycles. The first kappa shape index (κ1) is 18.3. The molecule has 0 atom stereocenters. The van der Waals surface area contributed by atoms with Gasteiger partial charge >= 0.3 is 5.97 Å². The molecule has 7 nitrogen and oxygen atoms in total. The summed E-state index contributed by atoms with van der Waals surface area (Å²) in [6.45, 7) is 3.88. The number of hydrogen-bond acceptors (Lipinski definition) is 5. The second-order valence-electron chi connectivity index (χ2n) is 5.13. The number of hydrogen-bond donors (Lipinski definition) is 2. The van der Waals surface area contributed by atoms with Crippen molar-refractivity contribution in [3.05, 3.63) is 63.7 Å². The van der Waals surface area contributed by atoms with Gasteiger partial charge < -0.3 is 15.4 Å². The van der Waals surface area contributed by atoms with Gasteiger partial charge in [0.05, 0.1) is 17.1 Å². The summed E-state index contributed by atoms with van der Waals surface area (Å²) in [7, 11) is 0. The SMILES string of the molecule is CCOC(=O)c1ccc(NC(=S)Nc2cc([N+](=O)[O-])ccc2C)cc1. The summed E-state index contributed by atoms with van der Waals surface area (Å²) in [5, 5.41) is 17.0. The molecular weight excluding hydrogens is 342 g/mol. The number of nitrogens with zero attached hydrogens (tertiary/aromatic N) is 1. The van der Waals surface area contributed by atoms with Gasteiger partial charge in [-0.3, -0.25) is 10.1 Å². The molecule has 0 aromatic heterocycles. The number of aryl methyl sites for hydroxylation is 1. The molecule has 25 heavy (non-hydrogen) atoms. The molecule has 0 saturated carbocycles. The van der Waals surface area contributed by atoms with Gasteiger partial charge in [0.1, 0.15) is 0 Å². The first-order valence-electron chi connectivity index (χ1n) is 7.51. The molecule has 2 aromatic carbocycles. The van der Waals surface area contributed by atoms with Crippen molar-refractivity contribution in [1.82, 2.24) is 0 Å². The molecule has 2 N–H and O–H groups in total. The first-order valence-corrected chi connectivity index (χ1v) is 7.91. The normalized spacial score (nSPS) is 10.0. The first-order chi connectivity index (χ1) is 11.9. The molecule has 0 radical (unpaired) electrons. The minimum atomic E-state index is -0.463. The van der Waals surface area contributed by atoms with E-state index in [1.54, 1.807) is 37.3 Å². The summed E-state index contributed by atoms with van der Waals surface area (Å²) in [5.74, 6) is -0.387. The van der Waals surface area contributed by atoms with Crippen LogP contribution in [-0.4, -0.2) is 22.6 Å². The van der Waals surface area contributed by atoms with Gasteiger partial charge in [-0.15, -0.1) is 0 Å². The van der Waals surface area contributed by atoms with Crippen molar-refractivity contribution in [3.63, 3.8) is 0 Å². The summed E-state index contributed by atoms with van der Waals surface area (Å²) < 4.78 is 4.92. The van der Waals surface area contributed by atoms with E-state index in [0.29, 0.717) is 23.5 Å². The van der Waals surface area contributed by atoms with Crippen LogP contribution in [0.15, 0.2) is 42.5 Å². The van der Waals surface area contributed by atoms with E-state index in [1.807, 2.05) is 6.92 Å². The second kappa shape index (κ2) is 8.20. The van der Waals surface area contributed by atoms with Crippen LogP contribution in [0, 0.1) is 17.0 Å². The van der Waals surface area contributed by atoms with Crippen LogP contribution < -0.4 is 10.6 Å². The van der Waals surface area contributed by atoms with E-state index < -0.39 is 4.92 Å². The van der Waals surface area contributed by atoms with Gasteiger partial charge in [-0.2, -0.15) is 0 Å². The average Bonchev–Trinajstić information content (AvgIpc) is 2.57. The largest absolute Gasteiger partial charge is 0.462 e. The number of nitrogens with one attached hydrogen (secondary N) is 2. The second-order valence-corrected chi connectivity index (χ2v) is 5.54. The molecule has 0 saturated heterocycles. The number of nitro groups is 1. The Hall–Kier alpha value is -3.00. The molecule has 0 aliphatic carbocycles. The minimum Gasteiger partial charge on any atom is -0.462 e. The Kier molecular flexibility index (Phi) is 6.02. The number of esters is 1. The minimum absolute atomic E-state index is 0.0188. The Bertz CT molecular complexity index is 806. The fourth-order valence-electron chi connectivity index (χ4n) is 2.05. The fraction of sp³-hybridized carbons (Fsp3) is 0.176. The van der Waals surface area contributed by atoms with E-state index in [9.17, 15) is 14.9 Å². The highest BCUT2D eigenvalue weighted by molar-refractivity contribution is 7.80. The number of thiocarbonyl (C=S) groups is 1. The van der Waals surface area contributed by atoms with Crippen LogP contribution in [0.1, 0.15) is 22.8 Å². The van der Waals surface area contributed by atoms with E-state index in [1.165, 1.54) is 12.1 Å². The lowest BCUT2D eigenvalue weighted by atomic mass is 10.2. The molecule has 2 aromatic rings. The summed E-state index contributed by atoms with van der Waals surface area (Å²) >= 11 is 5.23. The van der Waals surface area contributed by atoms with Crippen LogP contribution in [0.4, 0.5) is 17.1 Å². The lowest BCUT2D eigenvalue weighted by Gasteiger charge is -2.12. The van der Waals surface area contributed by atoms with Crippen molar-refractivity contribution < 1.29 is 14.5 Å². The van der Waals surface area contributed by atoms with Crippen molar-refractivity contribution in [2.75, 3.05) is 17.2 Å². The molecule has 2 rings (SSSR count). The van der Waals surface area contributed by atoms with Crippen LogP contribution in [0.2, 0.25) is 0 Å². The van der Waals surface area contributed by atoms with Gasteiger partial charge in [-0.05, 0) is 55.9 Å². The molecule has 0 spiro atoms. The summed E-state index contributed by atoms with van der Waals surface area (Å²) in [6, 6.07) is 11.2. The number of anilines is 2. The van der Waals surface area contributed by atoms with Crippen LogP contribution in [0.3, 0.4) is 0 Å². The number of non-ortho nitro benzene ring substituents is 1. The van der Waals surface area contributed by atoms with Crippen molar-refractivity contribution in [2.45, 2.75) is 13.8 Å². The lowest BCUT2D eigenvalue weighted by Crippen LogP contribution is -2.19. The zero-order chi connectivity index (χ0) is 18.4. The number of carbonyl (C=O) groups excluding carboxylic acids is 1. The Labute approximate surface area is 150 Å². The predicted octanol–water partition coefficient (Wildman–Crippen LogP) is 3.89. The number of benzene rings is 2. The maximum absolute atomic E-state index is 11.6. The summed E-state index contributed by atoms with van der Waals surface area (Å²) in [6.07, 6.45) is 0. The van der Waals surface area contributed by atoms with Crippen LogP contribution in [0.5, 0.6) is 0 Å². The van der Waals surface area contributed by atoms with E-state index in [2.05, 4.69) is 10.6 Å². The van der Waals surface area contributed by atoms with Crippen LogP contribution in [-0.2, 0) is 4.74 Å². The Morgan fingerprint density at radius 1 is 1.20 bits per heavy atom. The van der Waals surface area contributed by atoms with Crippen LogP contribution >= 0.6 is 12.2 Å². The summed E-state index contributed by atoms with van der Waals surface area (Å²) in [4.78, 5) is 22.0. The van der Waals surface area contributed by atoms with Crippen LogP contribution in [0.25, 0.3) is 0 Å². The monoisotopic (exact) mass is 359 g/mol. The highest BCUT2D eigenvalue weighted by atomic mass is 32.1. The van der Waals surface area contributed by atoms with Gasteiger partial charge in [0.25, 0.3) is 5.69 Å². The molecule has 0 amide bonds. The van der Waals surface area contributed by atoms with Gasteiger partial charge in [0, 0.05) is 23.5 Å². The van der Waals surface area contributed by atoms with Crippen molar-refractivity contribution >= 4 is 40.4 Å². The molecule has 130 valence electrons. The Morgan fingerprint density at radius 3 is 2.48 bits per heavy atom. The number of nitro benzene ring substituents is 1. The topological polar surface area (TPSA) is 93.5 Å². The third-order valence-electron chi connectivity index (χ3n) is 3.33. The van der Waals surface area contributed by atoms with Crippen molar-refractivity contribution in [2.24, 2.45) is 0 Å². The molecule has 0 bridgehead atoms. The Morgan fingerprint density at radius 2 is 1.88 bits per heavy atom. The molecule has 0 unspecified atom stereocenters. The van der Waals surface area contributed by atoms with E-state index in [4.69, 9.17) is 17.0 Å². The standard InChI is InChI=1S/C17H17N3O4S/c1-3-24-16(21)12-5-7-13(8-6-12)18-17(25)19-15-10-14(20(22)23)9-4-11(15)2/h4-10H,3H2,1-2H3,(H2,18,19,25). The number of carbonyl (C=O) groups is 1. The quantitative estimate of drug-likeness (QED) is 0.362. The molecular formula is C17H17N3O4S. The van der Waals surface area contributed by atoms with E-state index >= 15 is 0 Å².